The van der Waals surface area contributed by atoms with Gasteiger partial charge < -0.3 is 9.52 Å². The van der Waals surface area contributed by atoms with Crippen LogP contribution in [0.25, 0.3) is 17.0 Å². The molecule has 0 radical (unpaired) electrons. The molecule has 3 aromatic heterocycles. The molecule has 3 aromatic rings. The number of hydrogen-bond donors (Lipinski definition) is 1. The van der Waals surface area contributed by atoms with Crippen molar-refractivity contribution in [1.82, 2.24) is 19.6 Å². The first-order chi connectivity index (χ1) is 10.4. The van der Waals surface area contributed by atoms with Gasteiger partial charge in [-0.1, -0.05) is 13.8 Å². The molecule has 3 heterocycles. The van der Waals surface area contributed by atoms with E-state index in [-0.39, 0.29) is 11.5 Å². The number of oxazole rings is 1. The minimum absolute atomic E-state index is 0.0650. The Bertz CT molecular complexity index is 876. The quantitative estimate of drug-likeness (QED) is 0.799. The molecule has 7 heteroatoms. The molecule has 0 bridgehead atoms. The number of rotatable bonds is 3. The first-order valence-electron chi connectivity index (χ1n) is 6.95. The van der Waals surface area contributed by atoms with Crippen molar-refractivity contribution in [1.29, 1.82) is 0 Å². The maximum Gasteiger partial charge on any atom is 0.341 e. The van der Waals surface area contributed by atoms with E-state index in [4.69, 9.17) is 4.42 Å². The first kappa shape index (κ1) is 14.2. The molecule has 114 valence electrons. The topological polar surface area (TPSA) is 93.5 Å². The molecule has 0 amide bonds. The Kier molecular flexibility index (Phi) is 3.20. The zero-order valence-electron chi connectivity index (χ0n) is 12.8. The van der Waals surface area contributed by atoms with E-state index in [1.807, 2.05) is 33.8 Å². The lowest BCUT2D eigenvalue weighted by Gasteiger charge is -2.03. The number of carboxylic acid groups (broad SMARTS) is 1. The van der Waals surface area contributed by atoms with Crippen LogP contribution >= 0.6 is 0 Å². The van der Waals surface area contributed by atoms with Gasteiger partial charge in [-0.15, -0.1) is 0 Å². The van der Waals surface area contributed by atoms with Crippen molar-refractivity contribution in [3.05, 3.63) is 35.2 Å². The summed E-state index contributed by atoms with van der Waals surface area (Å²) in [6, 6.07) is 1.82. The fourth-order valence-electron chi connectivity index (χ4n) is 2.29. The molecular weight excluding hydrogens is 284 g/mol. The van der Waals surface area contributed by atoms with Gasteiger partial charge in [-0.2, -0.15) is 5.10 Å². The second-order valence-corrected chi connectivity index (χ2v) is 5.49. The number of nitrogens with zero attached hydrogens (tertiary/aromatic N) is 4. The highest BCUT2D eigenvalue weighted by atomic mass is 16.4. The summed E-state index contributed by atoms with van der Waals surface area (Å²) in [6.45, 7) is 7.66. The maximum atomic E-state index is 11.3. The number of aromatic carboxylic acids is 1. The van der Waals surface area contributed by atoms with E-state index in [9.17, 15) is 9.90 Å². The van der Waals surface area contributed by atoms with Gasteiger partial charge in [0.2, 0.25) is 0 Å². The highest BCUT2D eigenvalue weighted by Gasteiger charge is 2.19. The molecule has 0 aliphatic heterocycles. The molecule has 0 fully saturated rings. The van der Waals surface area contributed by atoms with Crippen LogP contribution in [0.3, 0.4) is 0 Å². The van der Waals surface area contributed by atoms with Crippen LogP contribution in [0.5, 0.6) is 0 Å². The van der Waals surface area contributed by atoms with Crippen molar-refractivity contribution >= 4 is 11.6 Å². The van der Waals surface area contributed by atoms with Crippen LogP contribution in [0.15, 0.2) is 16.7 Å². The van der Waals surface area contributed by atoms with Crippen LogP contribution in [-0.2, 0) is 0 Å². The zero-order valence-corrected chi connectivity index (χ0v) is 12.8. The monoisotopic (exact) mass is 300 g/mol. The number of carboxylic acids is 1. The molecule has 0 unspecified atom stereocenters. The summed E-state index contributed by atoms with van der Waals surface area (Å²) in [7, 11) is 0. The number of carbonyl (C=O) groups is 1. The molecule has 1 N–H and O–H groups in total. The minimum Gasteiger partial charge on any atom is -0.477 e. The number of fused-ring (bicyclic) bond motifs is 1. The zero-order chi connectivity index (χ0) is 16.0. The van der Waals surface area contributed by atoms with E-state index in [1.165, 1.54) is 10.7 Å². The summed E-state index contributed by atoms with van der Waals surface area (Å²) in [5.41, 5.74) is 2.36. The van der Waals surface area contributed by atoms with E-state index < -0.39 is 5.97 Å². The molecule has 3 rings (SSSR count). The van der Waals surface area contributed by atoms with E-state index >= 15 is 0 Å². The highest BCUT2D eigenvalue weighted by molar-refractivity contribution is 5.94. The van der Waals surface area contributed by atoms with E-state index in [1.54, 1.807) is 0 Å². The van der Waals surface area contributed by atoms with Gasteiger partial charge in [0, 0.05) is 11.6 Å². The third kappa shape index (κ3) is 2.14. The van der Waals surface area contributed by atoms with Crippen LogP contribution in [0.4, 0.5) is 0 Å². The number of hydrogen-bond acceptors (Lipinski definition) is 5. The van der Waals surface area contributed by atoms with Gasteiger partial charge in [0.25, 0.3) is 0 Å². The van der Waals surface area contributed by atoms with Crippen LogP contribution in [-0.4, -0.2) is 30.7 Å². The standard InChI is InChI=1S/C15H16N4O3/c1-7(2)14-18-12(9(4)22-14)11-5-8(3)19-13(17-11)10(6-16-19)15(20)21/h5-7H,1-4H3,(H,20,21). The lowest BCUT2D eigenvalue weighted by atomic mass is 10.2. The molecule has 0 aromatic carbocycles. The van der Waals surface area contributed by atoms with Gasteiger partial charge in [-0.3, -0.25) is 0 Å². The molecule has 0 saturated carbocycles. The van der Waals surface area contributed by atoms with Crippen LogP contribution in [0.2, 0.25) is 0 Å². The summed E-state index contributed by atoms with van der Waals surface area (Å²) in [5, 5.41) is 13.3. The molecule has 0 aliphatic carbocycles. The maximum absolute atomic E-state index is 11.3. The molecule has 7 nitrogen and oxygen atoms in total. The van der Waals surface area contributed by atoms with Crippen molar-refractivity contribution in [3.63, 3.8) is 0 Å². The Hall–Kier alpha value is -2.70. The van der Waals surface area contributed by atoms with Crippen molar-refractivity contribution in [2.45, 2.75) is 33.6 Å². The predicted octanol–water partition coefficient (Wildman–Crippen LogP) is 2.82. The van der Waals surface area contributed by atoms with Crippen molar-refractivity contribution in [2.75, 3.05) is 0 Å². The molecule has 22 heavy (non-hydrogen) atoms. The third-order valence-electron chi connectivity index (χ3n) is 3.43. The molecule has 0 spiro atoms. The summed E-state index contributed by atoms with van der Waals surface area (Å²) in [6.07, 6.45) is 1.30. The van der Waals surface area contributed by atoms with Gasteiger partial charge in [0.1, 0.15) is 17.0 Å². The summed E-state index contributed by atoms with van der Waals surface area (Å²) >= 11 is 0. The van der Waals surface area contributed by atoms with Crippen molar-refractivity contribution in [3.8, 4) is 11.4 Å². The Morgan fingerprint density at radius 1 is 1.32 bits per heavy atom. The SMILES string of the molecule is Cc1oc(C(C)C)nc1-c1cc(C)n2ncc(C(=O)O)c2n1. The summed E-state index contributed by atoms with van der Waals surface area (Å²) < 4.78 is 7.16. The van der Waals surface area contributed by atoms with Crippen LogP contribution in [0, 0.1) is 13.8 Å². The van der Waals surface area contributed by atoms with Gasteiger partial charge in [-0.05, 0) is 19.9 Å². The molecular formula is C15H16N4O3. The smallest absolute Gasteiger partial charge is 0.341 e. The van der Waals surface area contributed by atoms with Gasteiger partial charge in [-0.25, -0.2) is 19.3 Å². The van der Waals surface area contributed by atoms with Gasteiger partial charge in [0.15, 0.2) is 11.5 Å². The second-order valence-electron chi connectivity index (χ2n) is 5.49. The predicted molar refractivity (Wildman–Crippen MR) is 79.0 cm³/mol. The normalized spacial score (nSPS) is 11.5. The molecule has 0 atom stereocenters. The van der Waals surface area contributed by atoms with Crippen molar-refractivity contribution in [2.24, 2.45) is 0 Å². The first-order valence-corrected chi connectivity index (χ1v) is 6.95. The minimum atomic E-state index is -1.06. The Morgan fingerprint density at radius 3 is 2.64 bits per heavy atom. The number of aromatic nitrogens is 4. The van der Waals surface area contributed by atoms with E-state index in [2.05, 4.69) is 15.1 Å². The van der Waals surface area contributed by atoms with Crippen LogP contribution in [0.1, 0.15) is 47.5 Å². The number of aryl methyl sites for hydroxylation is 2. The third-order valence-corrected chi connectivity index (χ3v) is 3.43. The lowest BCUT2D eigenvalue weighted by molar-refractivity contribution is 0.0699. The van der Waals surface area contributed by atoms with Gasteiger partial charge >= 0.3 is 5.97 Å². The lowest BCUT2D eigenvalue weighted by Crippen LogP contribution is -2.02. The van der Waals surface area contributed by atoms with Gasteiger partial charge in [0.05, 0.1) is 11.9 Å². The Balaban J connectivity index is 2.23. The van der Waals surface area contributed by atoms with Crippen molar-refractivity contribution < 1.29 is 14.3 Å². The van der Waals surface area contributed by atoms with E-state index in [0.717, 1.165) is 5.69 Å². The van der Waals surface area contributed by atoms with Crippen LogP contribution < -0.4 is 0 Å². The average molecular weight is 300 g/mol. The summed E-state index contributed by atoms with van der Waals surface area (Å²) in [5.74, 6) is 0.413. The largest absolute Gasteiger partial charge is 0.477 e. The highest BCUT2D eigenvalue weighted by Crippen LogP contribution is 2.26. The summed E-state index contributed by atoms with van der Waals surface area (Å²) in [4.78, 5) is 20.2. The molecule has 0 saturated heterocycles. The fraction of sp³-hybridized carbons (Fsp3) is 0.333. The van der Waals surface area contributed by atoms with E-state index in [0.29, 0.717) is 28.7 Å². The second kappa shape index (κ2) is 4.94. The Morgan fingerprint density at radius 2 is 2.05 bits per heavy atom. The fourth-order valence-corrected chi connectivity index (χ4v) is 2.29. The average Bonchev–Trinajstić information content (AvgIpc) is 3.02. The molecule has 0 aliphatic rings. The Labute approximate surface area is 126 Å².